The van der Waals surface area contributed by atoms with Crippen LogP contribution >= 0.6 is 0 Å². The van der Waals surface area contributed by atoms with E-state index in [1.54, 1.807) is 38.1 Å². The van der Waals surface area contributed by atoms with E-state index in [1.807, 2.05) is 18.2 Å². The number of hydrogen-bond donors (Lipinski definition) is 1. The molecule has 0 saturated heterocycles. The van der Waals surface area contributed by atoms with E-state index in [0.717, 1.165) is 5.56 Å². The molecule has 3 aromatic rings. The van der Waals surface area contributed by atoms with Crippen molar-refractivity contribution in [2.24, 2.45) is 5.92 Å². The molecule has 33 heavy (non-hydrogen) atoms. The van der Waals surface area contributed by atoms with Gasteiger partial charge < -0.3 is 14.6 Å². The molecular formula is C29H32O4. The van der Waals surface area contributed by atoms with Crippen molar-refractivity contribution in [3.05, 3.63) is 90.0 Å². The Labute approximate surface area is 196 Å². The summed E-state index contributed by atoms with van der Waals surface area (Å²) in [5.74, 6) is 0.574. The summed E-state index contributed by atoms with van der Waals surface area (Å²) in [7, 11) is 0. The minimum atomic E-state index is -1.24. The lowest BCUT2D eigenvalue weighted by atomic mass is 9.99. The van der Waals surface area contributed by atoms with Gasteiger partial charge in [0.1, 0.15) is 18.1 Å². The summed E-state index contributed by atoms with van der Waals surface area (Å²) in [5, 5.41) is 9.38. The summed E-state index contributed by atoms with van der Waals surface area (Å²) in [6.45, 7) is 8.15. The van der Waals surface area contributed by atoms with Crippen LogP contribution in [0.5, 0.6) is 11.5 Å². The standard InChI is InChI=1S/C29H32O4/c1-5-29(4,28(30)31)33-27-17-15-26(16-18-27)32-20-25(21(2)3)19-22-11-13-24(14-12-22)23-9-7-6-8-10-23/h6-19,21H,5,20H2,1-4H3,(H,30,31). The first-order chi connectivity index (χ1) is 15.8. The largest absolute Gasteiger partial charge is 0.489 e. The molecule has 4 heteroatoms. The molecule has 172 valence electrons. The highest BCUT2D eigenvalue weighted by molar-refractivity contribution is 5.77. The van der Waals surface area contributed by atoms with Crippen molar-refractivity contribution in [1.82, 2.24) is 0 Å². The van der Waals surface area contributed by atoms with E-state index in [0.29, 0.717) is 30.4 Å². The summed E-state index contributed by atoms with van der Waals surface area (Å²) in [4.78, 5) is 11.4. The van der Waals surface area contributed by atoms with E-state index >= 15 is 0 Å². The molecule has 0 fully saturated rings. The Hall–Kier alpha value is -3.53. The molecule has 0 aliphatic rings. The Morgan fingerprint density at radius 2 is 1.48 bits per heavy atom. The lowest BCUT2D eigenvalue weighted by Gasteiger charge is -2.24. The predicted octanol–water partition coefficient (Wildman–Crippen LogP) is 7.10. The second-order valence-corrected chi connectivity index (χ2v) is 8.61. The van der Waals surface area contributed by atoms with E-state index in [4.69, 9.17) is 9.47 Å². The second kappa shape index (κ2) is 10.9. The van der Waals surface area contributed by atoms with Crippen molar-refractivity contribution in [3.8, 4) is 22.6 Å². The number of carboxylic acid groups (broad SMARTS) is 1. The lowest BCUT2D eigenvalue weighted by molar-refractivity contribution is -0.154. The molecule has 4 nitrogen and oxygen atoms in total. The maximum atomic E-state index is 11.4. The molecule has 0 aliphatic heterocycles. The van der Waals surface area contributed by atoms with Crippen molar-refractivity contribution in [3.63, 3.8) is 0 Å². The number of carbonyl (C=O) groups is 1. The summed E-state index contributed by atoms with van der Waals surface area (Å²) < 4.78 is 11.7. The molecule has 3 rings (SSSR count). The molecular weight excluding hydrogens is 412 g/mol. The van der Waals surface area contributed by atoms with Crippen LogP contribution in [0.4, 0.5) is 0 Å². The van der Waals surface area contributed by atoms with Gasteiger partial charge in [0.05, 0.1) is 0 Å². The maximum Gasteiger partial charge on any atom is 0.347 e. The Balaban J connectivity index is 1.66. The van der Waals surface area contributed by atoms with Gasteiger partial charge in [-0.2, -0.15) is 0 Å². The van der Waals surface area contributed by atoms with Crippen molar-refractivity contribution < 1.29 is 19.4 Å². The zero-order valence-corrected chi connectivity index (χ0v) is 19.7. The number of hydrogen-bond acceptors (Lipinski definition) is 3. The van der Waals surface area contributed by atoms with Gasteiger partial charge in [-0.05, 0) is 65.8 Å². The van der Waals surface area contributed by atoms with E-state index in [9.17, 15) is 9.90 Å². The number of benzene rings is 3. The third-order valence-electron chi connectivity index (χ3n) is 5.81. The molecule has 0 spiro atoms. The average Bonchev–Trinajstić information content (AvgIpc) is 2.83. The lowest BCUT2D eigenvalue weighted by Crippen LogP contribution is -2.40. The van der Waals surface area contributed by atoms with Gasteiger partial charge in [0.25, 0.3) is 0 Å². The number of aliphatic carboxylic acids is 1. The Bertz CT molecular complexity index is 1070. The quantitative estimate of drug-likeness (QED) is 0.362. The summed E-state index contributed by atoms with van der Waals surface area (Å²) in [5.41, 5.74) is 3.48. The van der Waals surface area contributed by atoms with Crippen LogP contribution < -0.4 is 9.47 Å². The third-order valence-corrected chi connectivity index (χ3v) is 5.81. The molecule has 0 radical (unpaired) electrons. The van der Waals surface area contributed by atoms with Crippen molar-refractivity contribution in [2.75, 3.05) is 6.61 Å². The summed E-state index contributed by atoms with van der Waals surface area (Å²) in [6, 6.07) is 26.0. The van der Waals surface area contributed by atoms with E-state index in [-0.39, 0.29) is 0 Å². The van der Waals surface area contributed by atoms with Crippen LogP contribution in [0.1, 0.15) is 39.7 Å². The molecule has 3 aromatic carbocycles. The molecule has 0 saturated carbocycles. The highest BCUT2D eigenvalue weighted by Gasteiger charge is 2.33. The zero-order chi connectivity index (χ0) is 23.8. The number of ether oxygens (including phenoxy) is 2. The van der Waals surface area contributed by atoms with Crippen molar-refractivity contribution in [2.45, 2.75) is 39.7 Å². The molecule has 0 amide bonds. The van der Waals surface area contributed by atoms with E-state index < -0.39 is 11.6 Å². The number of carboxylic acids is 1. The van der Waals surface area contributed by atoms with E-state index in [2.05, 4.69) is 56.3 Å². The molecule has 0 aliphatic carbocycles. The average molecular weight is 445 g/mol. The Kier molecular flexibility index (Phi) is 7.94. The Morgan fingerprint density at radius 1 is 0.909 bits per heavy atom. The van der Waals surface area contributed by atoms with Crippen LogP contribution in [0.2, 0.25) is 0 Å². The molecule has 0 aromatic heterocycles. The monoisotopic (exact) mass is 444 g/mol. The zero-order valence-electron chi connectivity index (χ0n) is 19.7. The SMILES string of the molecule is CCC(C)(Oc1ccc(OCC(=Cc2ccc(-c3ccccc3)cc2)C(C)C)cc1)C(=O)O. The van der Waals surface area contributed by atoms with Gasteiger partial charge in [-0.1, -0.05) is 81.4 Å². The molecule has 1 N–H and O–H groups in total. The summed E-state index contributed by atoms with van der Waals surface area (Å²) in [6.07, 6.45) is 2.55. The smallest absolute Gasteiger partial charge is 0.347 e. The first-order valence-electron chi connectivity index (χ1n) is 11.3. The van der Waals surface area contributed by atoms with Crippen LogP contribution in [-0.4, -0.2) is 23.3 Å². The van der Waals surface area contributed by atoms with Gasteiger partial charge in [-0.25, -0.2) is 4.79 Å². The van der Waals surface area contributed by atoms with Gasteiger partial charge in [0.15, 0.2) is 0 Å². The van der Waals surface area contributed by atoms with Crippen LogP contribution in [0, 0.1) is 5.92 Å². The highest BCUT2D eigenvalue weighted by atomic mass is 16.5. The molecule has 1 unspecified atom stereocenters. The molecule has 0 bridgehead atoms. The maximum absolute atomic E-state index is 11.4. The van der Waals surface area contributed by atoms with Gasteiger partial charge in [-0.15, -0.1) is 0 Å². The molecule has 0 heterocycles. The fourth-order valence-corrected chi connectivity index (χ4v) is 3.29. The minimum Gasteiger partial charge on any atom is -0.489 e. The molecule has 1 atom stereocenters. The topological polar surface area (TPSA) is 55.8 Å². The Morgan fingerprint density at radius 3 is 2.03 bits per heavy atom. The van der Waals surface area contributed by atoms with Crippen molar-refractivity contribution in [1.29, 1.82) is 0 Å². The van der Waals surface area contributed by atoms with Crippen LogP contribution in [0.15, 0.2) is 84.4 Å². The third kappa shape index (κ3) is 6.48. The van der Waals surface area contributed by atoms with Crippen molar-refractivity contribution >= 4 is 12.0 Å². The predicted molar refractivity (Wildman–Crippen MR) is 134 cm³/mol. The first-order valence-corrected chi connectivity index (χ1v) is 11.3. The van der Waals surface area contributed by atoms with E-state index in [1.165, 1.54) is 16.7 Å². The number of rotatable bonds is 10. The normalized spacial score (nSPS) is 13.4. The van der Waals surface area contributed by atoms with Crippen LogP contribution in [0.25, 0.3) is 17.2 Å². The fraction of sp³-hybridized carbons (Fsp3) is 0.276. The fourth-order valence-electron chi connectivity index (χ4n) is 3.29. The van der Waals surface area contributed by atoms with Gasteiger partial charge in [0.2, 0.25) is 5.60 Å². The van der Waals surface area contributed by atoms with Gasteiger partial charge in [0, 0.05) is 0 Å². The minimum absolute atomic E-state index is 0.335. The van der Waals surface area contributed by atoms with Gasteiger partial charge in [-0.3, -0.25) is 0 Å². The van der Waals surface area contributed by atoms with Crippen LogP contribution in [-0.2, 0) is 4.79 Å². The summed E-state index contributed by atoms with van der Waals surface area (Å²) >= 11 is 0. The second-order valence-electron chi connectivity index (χ2n) is 8.61. The highest BCUT2D eigenvalue weighted by Crippen LogP contribution is 2.26. The van der Waals surface area contributed by atoms with Gasteiger partial charge >= 0.3 is 5.97 Å². The first kappa shape index (κ1) is 24.1. The van der Waals surface area contributed by atoms with Crippen LogP contribution in [0.3, 0.4) is 0 Å².